The number of rotatable bonds is 3. The molecular formula is C13H17F3N2O2S. The summed E-state index contributed by atoms with van der Waals surface area (Å²) in [6.07, 6.45) is -3.21. The highest BCUT2D eigenvalue weighted by Crippen LogP contribution is 2.30. The van der Waals surface area contributed by atoms with Crippen LogP contribution in [0.4, 0.5) is 13.2 Å². The Morgan fingerprint density at radius 2 is 1.67 bits per heavy atom. The van der Waals surface area contributed by atoms with Crippen LogP contribution in [-0.2, 0) is 16.2 Å². The molecule has 21 heavy (non-hydrogen) atoms. The van der Waals surface area contributed by atoms with E-state index in [1.807, 2.05) is 0 Å². The lowest BCUT2D eigenvalue weighted by Crippen LogP contribution is -2.52. The number of halogens is 3. The fraction of sp³-hybridized carbons (Fsp3) is 0.538. The van der Waals surface area contributed by atoms with Crippen molar-refractivity contribution in [3.8, 4) is 0 Å². The Kier molecular flexibility index (Phi) is 4.32. The number of alkyl halides is 3. The van der Waals surface area contributed by atoms with Crippen LogP contribution in [0, 0.1) is 0 Å². The van der Waals surface area contributed by atoms with E-state index in [1.54, 1.807) is 6.92 Å². The Balaban J connectivity index is 2.19. The molecule has 2 N–H and O–H groups in total. The first-order chi connectivity index (χ1) is 9.62. The van der Waals surface area contributed by atoms with Gasteiger partial charge in [-0.05, 0) is 57.1 Å². The maximum absolute atomic E-state index is 12.5. The van der Waals surface area contributed by atoms with Gasteiger partial charge in [-0.25, -0.2) is 13.1 Å². The summed E-state index contributed by atoms with van der Waals surface area (Å²) in [7, 11) is -3.83. The van der Waals surface area contributed by atoms with E-state index in [0.29, 0.717) is 25.9 Å². The number of hydrogen-bond acceptors (Lipinski definition) is 3. The van der Waals surface area contributed by atoms with Crippen LogP contribution in [0.5, 0.6) is 0 Å². The maximum atomic E-state index is 12.5. The van der Waals surface area contributed by atoms with Gasteiger partial charge in [0.1, 0.15) is 0 Å². The first-order valence-electron chi connectivity index (χ1n) is 6.54. The second-order valence-corrected chi connectivity index (χ2v) is 7.12. The third kappa shape index (κ3) is 3.96. The molecule has 2 rings (SSSR count). The Hall–Kier alpha value is -1.12. The molecule has 4 nitrogen and oxygen atoms in total. The number of sulfonamides is 1. The summed E-state index contributed by atoms with van der Waals surface area (Å²) in [5.41, 5.74) is -1.44. The fourth-order valence-corrected chi connectivity index (χ4v) is 3.75. The maximum Gasteiger partial charge on any atom is 0.416 e. The van der Waals surface area contributed by atoms with Crippen molar-refractivity contribution in [3.05, 3.63) is 29.8 Å². The van der Waals surface area contributed by atoms with Crippen LogP contribution in [-0.4, -0.2) is 27.0 Å². The molecule has 1 fully saturated rings. The molecule has 1 saturated heterocycles. The highest BCUT2D eigenvalue weighted by atomic mass is 32.2. The molecule has 0 spiro atoms. The minimum absolute atomic E-state index is 0.157. The summed E-state index contributed by atoms with van der Waals surface area (Å²) in [6.45, 7) is 3.20. The van der Waals surface area contributed by atoms with Gasteiger partial charge in [-0.3, -0.25) is 0 Å². The van der Waals surface area contributed by atoms with Gasteiger partial charge in [0.15, 0.2) is 0 Å². The highest BCUT2D eigenvalue weighted by Gasteiger charge is 2.33. The number of nitrogens with one attached hydrogen (secondary N) is 2. The Bertz CT molecular complexity index is 591. The van der Waals surface area contributed by atoms with Crippen molar-refractivity contribution in [2.75, 3.05) is 13.1 Å². The molecule has 0 amide bonds. The molecule has 118 valence electrons. The van der Waals surface area contributed by atoms with Gasteiger partial charge in [0, 0.05) is 5.54 Å². The second kappa shape index (κ2) is 5.58. The third-order valence-corrected chi connectivity index (χ3v) is 5.23. The summed E-state index contributed by atoms with van der Waals surface area (Å²) < 4.78 is 64.5. The topological polar surface area (TPSA) is 58.2 Å². The van der Waals surface area contributed by atoms with E-state index in [1.165, 1.54) is 0 Å². The molecule has 1 aromatic carbocycles. The van der Waals surface area contributed by atoms with Crippen molar-refractivity contribution >= 4 is 10.0 Å². The Labute approximate surface area is 121 Å². The van der Waals surface area contributed by atoms with Crippen LogP contribution in [0.15, 0.2) is 29.2 Å². The van der Waals surface area contributed by atoms with E-state index in [-0.39, 0.29) is 4.90 Å². The zero-order valence-corrected chi connectivity index (χ0v) is 12.3. The van der Waals surface area contributed by atoms with Gasteiger partial charge in [-0.1, -0.05) is 0 Å². The van der Waals surface area contributed by atoms with Gasteiger partial charge in [0.05, 0.1) is 10.5 Å². The van der Waals surface area contributed by atoms with Crippen molar-refractivity contribution in [2.24, 2.45) is 0 Å². The average molecular weight is 322 g/mol. The third-order valence-electron chi connectivity index (χ3n) is 3.58. The lowest BCUT2D eigenvalue weighted by molar-refractivity contribution is -0.137. The zero-order valence-electron chi connectivity index (χ0n) is 11.5. The molecule has 0 atom stereocenters. The van der Waals surface area contributed by atoms with Crippen LogP contribution in [0.1, 0.15) is 25.3 Å². The molecular weight excluding hydrogens is 305 g/mol. The lowest BCUT2D eigenvalue weighted by Gasteiger charge is -2.34. The molecule has 0 aromatic heterocycles. The van der Waals surface area contributed by atoms with Crippen LogP contribution >= 0.6 is 0 Å². The van der Waals surface area contributed by atoms with Gasteiger partial charge >= 0.3 is 6.18 Å². The average Bonchev–Trinajstić information content (AvgIpc) is 2.37. The van der Waals surface area contributed by atoms with Gasteiger partial charge < -0.3 is 5.32 Å². The second-order valence-electron chi connectivity index (χ2n) is 5.44. The summed E-state index contributed by atoms with van der Waals surface area (Å²) in [5.74, 6) is 0. The van der Waals surface area contributed by atoms with Crippen molar-refractivity contribution < 1.29 is 21.6 Å². The molecule has 0 radical (unpaired) electrons. The molecule has 0 bridgehead atoms. The van der Waals surface area contributed by atoms with Crippen LogP contribution in [0.2, 0.25) is 0 Å². The van der Waals surface area contributed by atoms with E-state index >= 15 is 0 Å². The van der Waals surface area contributed by atoms with Crippen LogP contribution < -0.4 is 10.0 Å². The van der Waals surface area contributed by atoms with Crippen molar-refractivity contribution in [3.63, 3.8) is 0 Å². The van der Waals surface area contributed by atoms with Crippen LogP contribution in [0.3, 0.4) is 0 Å². The zero-order chi connectivity index (χ0) is 15.7. The smallest absolute Gasteiger partial charge is 0.317 e. The first kappa shape index (κ1) is 16.3. The molecule has 0 unspecified atom stereocenters. The van der Waals surface area contributed by atoms with Gasteiger partial charge in [-0.15, -0.1) is 0 Å². The minimum Gasteiger partial charge on any atom is -0.317 e. The van der Waals surface area contributed by atoms with Crippen molar-refractivity contribution in [2.45, 2.75) is 36.4 Å². The number of benzene rings is 1. The van der Waals surface area contributed by atoms with Crippen molar-refractivity contribution in [1.82, 2.24) is 10.0 Å². The van der Waals surface area contributed by atoms with Gasteiger partial charge in [0.25, 0.3) is 0 Å². The predicted octanol–water partition coefficient (Wildman–Crippen LogP) is 2.13. The number of hydrogen-bond donors (Lipinski definition) is 2. The van der Waals surface area contributed by atoms with E-state index < -0.39 is 27.3 Å². The van der Waals surface area contributed by atoms with E-state index in [0.717, 1.165) is 24.3 Å². The molecule has 1 aromatic rings. The SMILES string of the molecule is CC1(NS(=O)(=O)c2ccc(C(F)(F)F)cc2)CCNCC1. The molecule has 1 aliphatic heterocycles. The standard InChI is InChI=1S/C13H17F3N2O2S/c1-12(6-8-17-9-7-12)18-21(19,20)11-4-2-10(3-5-11)13(14,15)16/h2-5,17-18H,6-9H2,1H3. The summed E-state index contributed by atoms with van der Waals surface area (Å²) >= 11 is 0. The molecule has 1 heterocycles. The summed E-state index contributed by atoms with van der Waals surface area (Å²) in [6, 6.07) is 3.52. The van der Waals surface area contributed by atoms with E-state index in [4.69, 9.17) is 0 Å². The van der Waals surface area contributed by atoms with Gasteiger partial charge in [0.2, 0.25) is 10.0 Å². The summed E-state index contributed by atoms with van der Waals surface area (Å²) in [4.78, 5) is -0.157. The minimum atomic E-state index is -4.48. The fourth-order valence-electron chi connectivity index (χ4n) is 2.29. The quantitative estimate of drug-likeness (QED) is 0.896. The molecule has 0 aliphatic carbocycles. The first-order valence-corrected chi connectivity index (χ1v) is 8.03. The van der Waals surface area contributed by atoms with Crippen LogP contribution in [0.25, 0.3) is 0 Å². The molecule has 8 heteroatoms. The Morgan fingerprint density at radius 1 is 1.14 bits per heavy atom. The lowest BCUT2D eigenvalue weighted by atomic mass is 9.92. The largest absolute Gasteiger partial charge is 0.416 e. The Morgan fingerprint density at radius 3 is 2.14 bits per heavy atom. The van der Waals surface area contributed by atoms with E-state index in [2.05, 4.69) is 10.0 Å². The summed E-state index contributed by atoms with van der Waals surface area (Å²) in [5, 5.41) is 3.13. The monoisotopic (exact) mass is 322 g/mol. The van der Waals surface area contributed by atoms with Gasteiger partial charge in [-0.2, -0.15) is 13.2 Å². The van der Waals surface area contributed by atoms with E-state index in [9.17, 15) is 21.6 Å². The number of piperidine rings is 1. The predicted molar refractivity (Wildman–Crippen MR) is 72.3 cm³/mol. The highest BCUT2D eigenvalue weighted by molar-refractivity contribution is 7.89. The normalized spacial score (nSPS) is 19.4. The van der Waals surface area contributed by atoms with Crippen molar-refractivity contribution in [1.29, 1.82) is 0 Å². The molecule has 1 aliphatic rings. The molecule has 0 saturated carbocycles.